The van der Waals surface area contributed by atoms with E-state index in [4.69, 9.17) is 28.3 Å². The van der Waals surface area contributed by atoms with Crippen molar-refractivity contribution in [1.29, 1.82) is 0 Å². The van der Waals surface area contributed by atoms with Crippen molar-refractivity contribution in [2.24, 2.45) is 0 Å². The molecule has 50 valence electrons. The molecule has 0 aromatic heterocycles. The zero-order valence-electron chi connectivity index (χ0n) is 4.44. The zero-order valence-corrected chi connectivity index (χ0v) is 5.95. The Morgan fingerprint density at radius 1 is 1.10 bits per heavy atom. The van der Waals surface area contributed by atoms with Crippen molar-refractivity contribution < 1.29 is 5.11 Å². The van der Waals surface area contributed by atoms with Crippen LogP contribution in [0.1, 0.15) is 0 Å². The van der Waals surface area contributed by atoms with Crippen LogP contribution in [0.2, 0.25) is 10.0 Å². The number of phenolic OH excluding ortho intramolecular Hbond substituents is 1. The SMILES string of the molecule is Oc1ccc(Cl)c(Cl)c1.[NaH]. The first-order valence-corrected chi connectivity index (χ1v) is 3.10. The molecular formula is C6H5Cl2NaO. The van der Waals surface area contributed by atoms with Gasteiger partial charge in [-0.3, -0.25) is 0 Å². The minimum atomic E-state index is 0. The summed E-state index contributed by atoms with van der Waals surface area (Å²) in [6, 6.07) is 4.41. The number of hydrogen-bond donors (Lipinski definition) is 1. The van der Waals surface area contributed by atoms with E-state index in [0.29, 0.717) is 10.0 Å². The van der Waals surface area contributed by atoms with Crippen LogP contribution in [0, 0.1) is 0 Å². The van der Waals surface area contributed by atoms with Gasteiger partial charge in [0, 0.05) is 0 Å². The van der Waals surface area contributed by atoms with E-state index in [2.05, 4.69) is 0 Å². The van der Waals surface area contributed by atoms with Crippen LogP contribution < -0.4 is 0 Å². The molecule has 1 aromatic carbocycles. The van der Waals surface area contributed by atoms with Crippen LogP contribution in [0.15, 0.2) is 18.2 Å². The molecule has 10 heavy (non-hydrogen) atoms. The summed E-state index contributed by atoms with van der Waals surface area (Å²) in [5, 5.41) is 9.62. The number of phenols is 1. The van der Waals surface area contributed by atoms with Crippen LogP contribution in [0.4, 0.5) is 0 Å². The molecule has 0 amide bonds. The fourth-order valence-corrected chi connectivity index (χ4v) is 0.777. The maximum atomic E-state index is 8.79. The Balaban J connectivity index is 0.000000810. The quantitative estimate of drug-likeness (QED) is 0.616. The molecule has 0 bridgehead atoms. The average molecular weight is 187 g/mol. The molecule has 0 unspecified atom stereocenters. The third-order valence-electron chi connectivity index (χ3n) is 0.903. The van der Waals surface area contributed by atoms with Crippen molar-refractivity contribution in [3.8, 4) is 5.75 Å². The van der Waals surface area contributed by atoms with Crippen molar-refractivity contribution in [1.82, 2.24) is 0 Å². The van der Waals surface area contributed by atoms with Gasteiger partial charge >= 0.3 is 29.6 Å². The molecule has 4 heteroatoms. The van der Waals surface area contributed by atoms with Gasteiger partial charge in [0.05, 0.1) is 10.0 Å². The van der Waals surface area contributed by atoms with Crippen molar-refractivity contribution in [3.05, 3.63) is 28.2 Å². The van der Waals surface area contributed by atoms with E-state index in [1.165, 1.54) is 12.1 Å². The minimum absolute atomic E-state index is 0. The van der Waals surface area contributed by atoms with E-state index in [1.807, 2.05) is 0 Å². The van der Waals surface area contributed by atoms with Crippen LogP contribution in [0.25, 0.3) is 0 Å². The zero-order chi connectivity index (χ0) is 6.85. The summed E-state index contributed by atoms with van der Waals surface area (Å²) < 4.78 is 0. The Morgan fingerprint density at radius 3 is 2.10 bits per heavy atom. The van der Waals surface area contributed by atoms with Crippen molar-refractivity contribution >= 4 is 52.8 Å². The van der Waals surface area contributed by atoms with Crippen LogP contribution in [0.3, 0.4) is 0 Å². The molecule has 1 N–H and O–H groups in total. The van der Waals surface area contributed by atoms with E-state index in [9.17, 15) is 0 Å². The van der Waals surface area contributed by atoms with Crippen molar-refractivity contribution in [3.63, 3.8) is 0 Å². The van der Waals surface area contributed by atoms with E-state index in [0.717, 1.165) is 0 Å². The topological polar surface area (TPSA) is 20.2 Å². The molecule has 0 saturated carbocycles. The molecular weight excluding hydrogens is 182 g/mol. The summed E-state index contributed by atoms with van der Waals surface area (Å²) in [6.45, 7) is 0. The Bertz CT molecular complexity index is 227. The fraction of sp³-hybridized carbons (Fsp3) is 0. The molecule has 0 radical (unpaired) electrons. The first kappa shape index (κ1) is 10.6. The van der Waals surface area contributed by atoms with Gasteiger partial charge in [-0.05, 0) is 18.2 Å². The molecule has 0 fully saturated rings. The molecule has 0 aliphatic carbocycles. The van der Waals surface area contributed by atoms with Gasteiger partial charge in [-0.25, -0.2) is 0 Å². The molecule has 0 spiro atoms. The van der Waals surface area contributed by atoms with Gasteiger partial charge in [0.15, 0.2) is 0 Å². The van der Waals surface area contributed by atoms with Crippen LogP contribution in [-0.2, 0) is 0 Å². The van der Waals surface area contributed by atoms with Gasteiger partial charge in [-0.2, -0.15) is 0 Å². The van der Waals surface area contributed by atoms with Crippen molar-refractivity contribution in [2.45, 2.75) is 0 Å². The molecule has 0 aliphatic heterocycles. The van der Waals surface area contributed by atoms with Gasteiger partial charge < -0.3 is 5.11 Å². The van der Waals surface area contributed by atoms with Gasteiger partial charge in [0.1, 0.15) is 5.75 Å². The van der Waals surface area contributed by atoms with Gasteiger partial charge in [0.2, 0.25) is 0 Å². The van der Waals surface area contributed by atoms with Gasteiger partial charge in [0.25, 0.3) is 0 Å². The molecule has 0 atom stereocenters. The normalized spacial score (nSPS) is 8.60. The number of rotatable bonds is 0. The molecule has 0 saturated heterocycles. The number of halogens is 2. The molecule has 0 aliphatic rings. The predicted molar refractivity (Wildman–Crippen MR) is 45.3 cm³/mol. The monoisotopic (exact) mass is 186 g/mol. The van der Waals surface area contributed by atoms with E-state index >= 15 is 0 Å². The number of hydrogen-bond acceptors (Lipinski definition) is 1. The summed E-state index contributed by atoms with van der Waals surface area (Å²) >= 11 is 11.1. The standard InChI is InChI=1S/C6H4Cl2O.Na.H/c7-5-2-1-4(9)3-6(5)8;;/h1-3,9H;;. The maximum absolute atomic E-state index is 8.79. The summed E-state index contributed by atoms with van der Waals surface area (Å²) in [7, 11) is 0. The molecule has 1 nitrogen and oxygen atoms in total. The Kier molecular flexibility index (Phi) is 4.74. The first-order valence-electron chi connectivity index (χ1n) is 2.34. The summed E-state index contributed by atoms with van der Waals surface area (Å²) in [5.74, 6) is 0.129. The Hall–Kier alpha value is 0.600. The van der Waals surface area contributed by atoms with E-state index < -0.39 is 0 Å². The predicted octanol–water partition coefficient (Wildman–Crippen LogP) is 2.05. The molecule has 1 aromatic rings. The van der Waals surface area contributed by atoms with E-state index in [1.54, 1.807) is 6.07 Å². The third kappa shape index (κ3) is 2.69. The number of aromatic hydroxyl groups is 1. The molecule has 0 heterocycles. The van der Waals surface area contributed by atoms with Gasteiger partial charge in [-0.1, -0.05) is 23.2 Å². The van der Waals surface area contributed by atoms with Crippen LogP contribution in [0.5, 0.6) is 5.75 Å². The summed E-state index contributed by atoms with van der Waals surface area (Å²) in [4.78, 5) is 0. The second-order valence-electron chi connectivity index (χ2n) is 1.60. The third-order valence-corrected chi connectivity index (χ3v) is 1.64. The Labute approximate surface area is 91.2 Å². The second kappa shape index (κ2) is 4.47. The first-order chi connectivity index (χ1) is 4.20. The van der Waals surface area contributed by atoms with Crippen LogP contribution in [-0.4, -0.2) is 34.7 Å². The summed E-state index contributed by atoms with van der Waals surface area (Å²) in [5.41, 5.74) is 0. The second-order valence-corrected chi connectivity index (χ2v) is 2.41. The van der Waals surface area contributed by atoms with Gasteiger partial charge in [-0.15, -0.1) is 0 Å². The number of benzene rings is 1. The van der Waals surface area contributed by atoms with Crippen molar-refractivity contribution in [2.75, 3.05) is 0 Å². The van der Waals surface area contributed by atoms with E-state index in [-0.39, 0.29) is 35.3 Å². The van der Waals surface area contributed by atoms with Crippen LogP contribution >= 0.6 is 23.2 Å². The Morgan fingerprint density at radius 2 is 1.70 bits per heavy atom. The molecule has 1 rings (SSSR count). The average Bonchev–Trinajstić information content (AvgIpc) is 1.80. The summed E-state index contributed by atoms with van der Waals surface area (Å²) in [6.07, 6.45) is 0. The fourth-order valence-electron chi connectivity index (χ4n) is 0.485.